The maximum atomic E-state index is 5.49. The van der Waals surface area contributed by atoms with Gasteiger partial charge in [0.1, 0.15) is 18.1 Å². The van der Waals surface area contributed by atoms with E-state index in [1.54, 1.807) is 4.68 Å². The number of hydrogen-bond donors (Lipinski definition) is 1. The zero-order valence-corrected chi connectivity index (χ0v) is 10.1. The van der Waals surface area contributed by atoms with Gasteiger partial charge in [0, 0.05) is 6.20 Å². The van der Waals surface area contributed by atoms with Crippen molar-refractivity contribution in [3.05, 3.63) is 35.5 Å². The van der Waals surface area contributed by atoms with Gasteiger partial charge in [0.2, 0.25) is 0 Å². The van der Waals surface area contributed by atoms with Gasteiger partial charge in [0.15, 0.2) is 0 Å². The molecule has 0 unspecified atom stereocenters. The van der Waals surface area contributed by atoms with Gasteiger partial charge in [-0.2, -0.15) is 0 Å². The van der Waals surface area contributed by atoms with Crippen LogP contribution in [0.4, 0.5) is 0 Å². The summed E-state index contributed by atoms with van der Waals surface area (Å²) in [7, 11) is 0. The molecule has 92 valence electrons. The van der Waals surface area contributed by atoms with Crippen LogP contribution in [0.5, 0.6) is 0 Å². The van der Waals surface area contributed by atoms with Crippen molar-refractivity contribution in [1.82, 2.24) is 15.0 Å². The van der Waals surface area contributed by atoms with Crippen LogP contribution < -0.4 is 5.73 Å². The van der Waals surface area contributed by atoms with E-state index in [4.69, 9.17) is 10.2 Å². The van der Waals surface area contributed by atoms with E-state index in [0.29, 0.717) is 6.54 Å². The van der Waals surface area contributed by atoms with E-state index in [1.807, 2.05) is 25.3 Å². The van der Waals surface area contributed by atoms with E-state index in [1.165, 1.54) is 0 Å². The fourth-order valence-corrected chi connectivity index (χ4v) is 1.71. The van der Waals surface area contributed by atoms with Crippen LogP contribution in [0.1, 0.15) is 30.1 Å². The van der Waals surface area contributed by atoms with E-state index in [9.17, 15) is 0 Å². The molecule has 0 aliphatic carbocycles. The van der Waals surface area contributed by atoms with Gasteiger partial charge in [-0.15, -0.1) is 5.10 Å². The number of nitrogens with zero attached hydrogens (tertiary/aromatic N) is 3. The first-order valence-electron chi connectivity index (χ1n) is 5.92. The second-order valence-corrected chi connectivity index (χ2v) is 4.17. The molecule has 0 saturated carbocycles. The van der Waals surface area contributed by atoms with Crippen LogP contribution in [0.2, 0.25) is 0 Å². The second kappa shape index (κ2) is 5.63. The molecule has 0 saturated heterocycles. The summed E-state index contributed by atoms with van der Waals surface area (Å²) >= 11 is 0. The van der Waals surface area contributed by atoms with E-state index >= 15 is 0 Å². The highest BCUT2D eigenvalue weighted by atomic mass is 16.3. The summed E-state index contributed by atoms with van der Waals surface area (Å²) in [5, 5.41) is 8.20. The molecule has 0 fully saturated rings. The highest BCUT2D eigenvalue weighted by molar-refractivity contribution is 5.06. The minimum atomic E-state index is 0.637. The van der Waals surface area contributed by atoms with Gasteiger partial charge in [-0.05, 0) is 44.9 Å². The predicted molar refractivity (Wildman–Crippen MR) is 64.6 cm³/mol. The number of furan rings is 1. The van der Waals surface area contributed by atoms with E-state index in [0.717, 1.165) is 43.0 Å². The van der Waals surface area contributed by atoms with Gasteiger partial charge in [0.05, 0.1) is 5.69 Å². The Hall–Kier alpha value is -1.62. The number of aryl methyl sites for hydroxylation is 2. The lowest BCUT2D eigenvalue weighted by molar-refractivity contribution is 0.455. The topological polar surface area (TPSA) is 69.9 Å². The molecule has 0 spiro atoms. The van der Waals surface area contributed by atoms with Crippen molar-refractivity contribution in [3.8, 4) is 0 Å². The van der Waals surface area contributed by atoms with Crippen molar-refractivity contribution in [2.45, 2.75) is 32.7 Å². The first-order valence-corrected chi connectivity index (χ1v) is 5.92. The van der Waals surface area contributed by atoms with Crippen molar-refractivity contribution < 1.29 is 4.42 Å². The molecule has 0 amide bonds. The Kier molecular flexibility index (Phi) is 3.93. The summed E-state index contributed by atoms with van der Waals surface area (Å²) in [6.45, 7) is 3.31. The van der Waals surface area contributed by atoms with Crippen molar-refractivity contribution in [3.63, 3.8) is 0 Å². The van der Waals surface area contributed by atoms with E-state index in [2.05, 4.69) is 10.3 Å². The molecule has 0 aliphatic rings. The quantitative estimate of drug-likeness (QED) is 0.769. The van der Waals surface area contributed by atoms with Crippen LogP contribution in [-0.4, -0.2) is 21.5 Å². The Labute approximate surface area is 101 Å². The molecular formula is C12H18N4O. The molecule has 2 heterocycles. The van der Waals surface area contributed by atoms with Crippen molar-refractivity contribution in [2.24, 2.45) is 5.73 Å². The number of nitrogens with two attached hydrogens (primary N) is 1. The van der Waals surface area contributed by atoms with Crippen LogP contribution >= 0.6 is 0 Å². The molecule has 0 radical (unpaired) electrons. The summed E-state index contributed by atoms with van der Waals surface area (Å²) in [5.41, 5.74) is 6.46. The zero-order chi connectivity index (χ0) is 12.1. The van der Waals surface area contributed by atoms with Gasteiger partial charge >= 0.3 is 0 Å². The first kappa shape index (κ1) is 11.9. The Balaban J connectivity index is 1.89. The number of hydrogen-bond acceptors (Lipinski definition) is 4. The lowest BCUT2D eigenvalue weighted by Gasteiger charge is -1.95. The average Bonchev–Trinajstić information content (AvgIpc) is 2.90. The van der Waals surface area contributed by atoms with Crippen LogP contribution in [0.3, 0.4) is 0 Å². The van der Waals surface area contributed by atoms with Gasteiger partial charge in [-0.25, -0.2) is 4.68 Å². The molecule has 0 atom stereocenters. The van der Waals surface area contributed by atoms with E-state index in [-0.39, 0.29) is 0 Å². The van der Waals surface area contributed by atoms with E-state index < -0.39 is 0 Å². The fraction of sp³-hybridized carbons (Fsp3) is 0.500. The maximum absolute atomic E-state index is 5.49. The van der Waals surface area contributed by atoms with Crippen LogP contribution in [0, 0.1) is 6.92 Å². The third kappa shape index (κ3) is 3.42. The maximum Gasteiger partial charge on any atom is 0.125 e. The van der Waals surface area contributed by atoms with Gasteiger partial charge < -0.3 is 10.2 Å². The lowest BCUT2D eigenvalue weighted by atomic mass is 10.2. The monoisotopic (exact) mass is 234 g/mol. The van der Waals surface area contributed by atoms with Crippen molar-refractivity contribution in [1.29, 1.82) is 0 Å². The molecule has 0 aliphatic heterocycles. The Bertz CT molecular complexity index is 461. The molecule has 0 aromatic carbocycles. The van der Waals surface area contributed by atoms with Crippen LogP contribution in [-0.2, 0) is 13.0 Å². The van der Waals surface area contributed by atoms with Gasteiger partial charge in [-0.1, -0.05) is 5.21 Å². The second-order valence-electron chi connectivity index (χ2n) is 4.17. The van der Waals surface area contributed by atoms with Crippen LogP contribution in [0.15, 0.2) is 22.7 Å². The molecule has 2 aromatic rings. The SMILES string of the molecule is Cc1ccc(Cn2cc(CCCCN)nn2)o1. The summed E-state index contributed by atoms with van der Waals surface area (Å²) < 4.78 is 7.29. The molecule has 5 heteroatoms. The Morgan fingerprint density at radius 3 is 2.94 bits per heavy atom. The zero-order valence-electron chi connectivity index (χ0n) is 10.1. The highest BCUT2D eigenvalue weighted by Gasteiger charge is 2.03. The average molecular weight is 234 g/mol. The highest BCUT2D eigenvalue weighted by Crippen LogP contribution is 2.08. The van der Waals surface area contributed by atoms with Crippen molar-refractivity contribution in [2.75, 3.05) is 6.54 Å². The summed E-state index contributed by atoms with van der Waals surface area (Å²) in [6.07, 6.45) is 5.00. The predicted octanol–water partition coefficient (Wildman–Crippen LogP) is 1.51. The first-order chi connectivity index (χ1) is 8.28. The largest absolute Gasteiger partial charge is 0.464 e. The standard InChI is InChI=1S/C12H18N4O/c1-10-5-6-12(17-10)9-16-8-11(14-15-16)4-2-3-7-13/h5-6,8H,2-4,7,9,13H2,1H3. The summed E-state index contributed by atoms with van der Waals surface area (Å²) in [6, 6.07) is 3.92. The molecule has 17 heavy (non-hydrogen) atoms. The molecule has 0 bridgehead atoms. The van der Waals surface area contributed by atoms with Crippen molar-refractivity contribution >= 4 is 0 Å². The van der Waals surface area contributed by atoms with Gasteiger partial charge in [-0.3, -0.25) is 0 Å². The third-order valence-corrected chi connectivity index (χ3v) is 2.59. The number of rotatable bonds is 6. The molecule has 5 nitrogen and oxygen atoms in total. The molecule has 2 aromatic heterocycles. The summed E-state index contributed by atoms with van der Waals surface area (Å²) in [4.78, 5) is 0. The molecular weight excluding hydrogens is 216 g/mol. The lowest BCUT2D eigenvalue weighted by Crippen LogP contribution is -1.99. The minimum Gasteiger partial charge on any atom is -0.464 e. The fourth-order valence-electron chi connectivity index (χ4n) is 1.71. The normalized spacial score (nSPS) is 10.9. The Morgan fingerprint density at radius 1 is 1.35 bits per heavy atom. The smallest absolute Gasteiger partial charge is 0.125 e. The van der Waals surface area contributed by atoms with Gasteiger partial charge in [0.25, 0.3) is 0 Å². The third-order valence-electron chi connectivity index (χ3n) is 2.59. The van der Waals surface area contributed by atoms with Crippen LogP contribution in [0.25, 0.3) is 0 Å². The minimum absolute atomic E-state index is 0.637. The molecule has 2 rings (SSSR count). The Morgan fingerprint density at radius 2 is 2.24 bits per heavy atom. The number of aromatic nitrogens is 3. The number of unbranched alkanes of at least 4 members (excludes halogenated alkanes) is 1. The summed E-state index contributed by atoms with van der Waals surface area (Å²) in [5.74, 6) is 1.82. The molecule has 2 N–H and O–H groups in total.